The number of cyclic esters (lactones) is 1. The van der Waals surface area contributed by atoms with Crippen molar-refractivity contribution in [1.82, 2.24) is 19.8 Å². The van der Waals surface area contributed by atoms with Crippen LogP contribution >= 0.6 is 0 Å². The van der Waals surface area contributed by atoms with Gasteiger partial charge in [-0.2, -0.15) is 0 Å². The van der Waals surface area contributed by atoms with Crippen molar-refractivity contribution in [2.75, 3.05) is 20.7 Å². The summed E-state index contributed by atoms with van der Waals surface area (Å²) in [5.74, 6) is 1.20. The normalized spacial score (nSPS) is 18.9. The summed E-state index contributed by atoms with van der Waals surface area (Å²) >= 11 is 0. The van der Waals surface area contributed by atoms with Gasteiger partial charge in [0.05, 0.1) is 30.9 Å². The van der Waals surface area contributed by atoms with Gasteiger partial charge in [-0.15, -0.1) is 0 Å². The molecule has 1 aromatic heterocycles. The Hall–Kier alpha value is -4.34. The van der Waals surface area contributed by atoms with Gasteiger partial charge in [-0.05, 0) is 36.5 Å². The molecule has 0 N–H and O–H groups in total. The van der Waals surface area contributed by atoms with Gasteiger partial charge in [0.1, 0.15) is 12.4 Å². The molecule has 2 aliphatic heterocycles. The van der Waals surface area contributed by atoms with Gasteiger partial charge in [0.25, 0.3) is 0 Å². The molecular formula is C27H28N4O6. The van der Waals surface area contributed by atoms with E-state index in [0.29, 0.717) is 30.1 Å². The van der Waals surface area contributed by atoms with Crippen molar-refractivity contribution < 1.29 is 28.5 Å². The predicted molar refractivity (Wildman–Crippen MR) is 134 cm³/mol. The van der Waals surface area contributed by atoms with E-state index in [1.807, 2.05) is 30.4 Å². The minimum atomic E-state index is -0.525. The van der Waals surface area contributed by atoms with Crippen LogP contribution in [0, 0.1) is 0 Å². The molecule has 0 saturated carbocycles. The van der Waals surface area contributed by atoms with Gasteiger partial charge < -0.3 is 23.8 Å². The molecule has 37 heavy (non-hydrogen) atoms. The molecule has 3 aliphatic rings. The Balaban J connectivity index is 1.15. The van der Waals surface area contributed by atoms with Crippen molar-refractivity contribution >= 4 is 23.0 Å². The minimum Gasteiger partial charge on any atom is -0.480 e. The van der Waals surface area contributed by atoms with E-state index in [-0.39, 0.29) is 24.8 Å². The number of hydrogen-bond acceptors (Lipinski definition) is 8. The highest BCUT2D eigenvalue weighted by atomic mass is 16.6. The van der Waals surface area contributed by atoms with Crippen LogP contribution in [-0.4, -0.2) is 58.6 Å². The third-order valence-electron chi connectivity index (χ3n) is 6.39. The lowest BCUT2D eigenvalue weighted by atomic mass is 10.0. The summed E-state index contributed by atoms with van der Waals surface area (Å²) in [7, 11) is 3.28. The fourth-order valence-corrected chi connectivity index (χ4v) is 4.35. The highest BCUT2D eigenvalue weighted by Crippen LogP contribution is 2.30. The number of hydrogen-bond donors (Lipinski definition) is 0. The summed E-state index contributed by atoms with van der Waals surface area (Å²) in [5, 5.41) is 0. The number of para-hydroxylation sites is 1. The quantitative estimate of drug-likeness (QED) is 0.528. The third-order valence-corrected chi connectivity index (χ3v) is 6.39. The van der Waals surface area contributed by atoms with Crippen molar-refractivity contribution in [3.05, 3.63) is 77.9 Å². The third kappa shape index (κ3) is 5.42. The Morgan fingerprint density at radius 2 is 2.19 bits per heavy atom. The first-order chi connectivity index (χ1) is 18.0. The average Bonchev–Trinajstić information content (AvgIpc) is 3.32. The first-order valence-electron chi connectivity index (χ1n) is 12.1. The second-order valence-electron chi connectivity index (χ2n) is 8.94. The molecule has 0 radical (unpaired) electrons. The van der Waals surface area contributed by atoms with Crippen LogP contribution in [0.25, 0.3) is 11.0 Å². The van der Waals surface area contributed by atoms with Gasteiger partial charge in [-0.3, -0.25) is 4.79 Å². The standard InChI is InChI=1S/C27H28N4O6/c1-30(14-19-9-6-10-21-26(19)29-23(34-2)13-28-21)24(32)12-11-20-15-31(27(33)36-20)25-17-35-16-22(37-25)18-7-4-3-5-8-18/h3-4,6-7,9-10,13,16-17,20H,5,8,11-12,14-15H2,1-2H3. The Bertz CT molecular complexity index is 1330. The van der Waals surface area contributed by atoms with E-state index < -0.39 is 12.2 Å². The van der Waals surface area contributed by atoms with E-state index in [4.69, 9.17) is 18.9 Å². The molecule has 2 aromatic rings. The lowest BCUT2D eigenvalue weighted by Crippen LogP contribution is -2.29. The SMILES string of the molecule is COc1cnc2cccc(CN(C)C(=O)CCC3CN(C4=COC=C(C5=CC=CCC5)O4)C(=O)O3)c2n1. The molecule has 0 spiro atoms. The van der Waals surface area contributed by atoms with Crippen LogP contribution in [0.5, 0.6) is 5.88 Å². The van der Waals surface area contributed by atoms with Crippen molar-refractivity contribution in [2.45, 2.75) is 38.3 Å². The molecule has 3 heterocycles. The molecule has 1 atom stereocenters. The number of amides is 2. The number of fused-ring (bicyclic) bond motifs is 1. The summed E-state index contributed by atoms with van der Waals surface area (Å²) in [5.41, 5.74) is 3.29. The first-order valence-corrected chi connectivity index (χ1v) is 12.1. The van der Waals surface area contributed by atoms with Crippen molar-refractivity contribution in [2.24, 2.45) is 0 Å². The summed E-state index contributed by atoms with van der Waals surface area (Å²) in [4.78, 5) is 37.3. The number of aromatic nitrogens is 2. The Morgan fingerprint density at radius 1 is 1.30 bits per heavy atom. The van der Waals surface area contributed by atoms with Crippen LogP contribution in [-0.2, 0) is 25.5 Å². The maximum Gasteiger partial charge on any atom is 0.417 e. The summed E-state index contributed by atoms with van der Waals surface area (Å²) < 4.78 is 22.1. The smallest absolute Gasteiger partial charge is 0.417 e. The molecule has 10 heteroatoms. The molecule has 1 aromatic carbocycles. The van der Waals surface area contributed by atoms with E-state index >= 15 is 0 Å². The number of rotatable bonds is 8. The first kappa shape index (κ1) is 24.4. The number of ether oxygens (including phenoxy) is 4. The van der Waals surface area contributed by atoms with Gasteiger partial charge in [-0.1, -0.05) is 30.4 Å². The molecule has 0 bridgehead atoms. The zero-order valence-corrected chi connectivity index (χ0v) is 20.8. The number of benzene rings is 1. The zero-order chi connectivity index (χ0) is 25.8. The second-order valence-corrected chi connectivity index (χ2v) is 8.94. The van der Waals surface area contributed by atoms with Gasteiger partial charge in [0.15, 0.2) is 12.0 Å². The lowest BCUT2D eigenvalue weighted by Gasteiger charge is -2.23. The van der Waals surface area contributed by atoms with E-state index in [1.54, 1.807) is 18.1 Å². The summed E-state index contributed by atoms with van der Waals surface area (Å²) in [6.07, 6.45) is 11.9. The average molecular weight is 505 g/mol. The zero-order valence-electron chi connectivity index (χ0n) is 20.8. The Morgan fingerprint density at radius 3 is 3.00 bits per heavy atom. The lowest BCUT2D eigenvalue weighted by molar-refractivity contribution is -0.130. The van der Waals surface area contributed by atoms with Gasteiger partial charge >= 0.3 is 6.09 Å². The number of carbonyl (C=O) groups is 2. The predicted octanol–water partition coefficient (Wildman–Crippen LogP) is 4.16. The highest BCUT2D eigenvalue weighted by Gasteiger charge is 2.36. The van der Waals surface area contributed by atoms with E-state index in [1.165, 1.54) is 24.5 Å². The molecule has 192 valence electrons. The molecular weight excluding hydrogens is 476 g/mol. The van der Waals surface area contributed by atoms with E-state index in [2.05, 4.69) is 16.0 Å². The fourth-order valence-electron chi connectivity index (χ4n) is 4.35. The fraction of sp³-hybridized carbons (Fsp3) is 0.333. The van der Waals surface area contributed by atoms with Crippen LogP contribution in [0.15, 0.2) is 72.4 Å². The number of methoxy groups -OCH3 is 1. The molecule has 5 rings (SSSR count). The molecule has 1 saturated heterocycles. The number of nitrogens with zero attached hydrogens (tertiary/aromatic N) is 4. The van der Waals surface area contributed by atoms with E-state index in [0.717, 1.165) is 29.5 Å². The second kappa shape index (κ2) is 10.7. The van der Waals surface area contributed by atoms with Crippen molar-refractivity contribution in [3.63, 3.8) is 0 Å². The monoisotopic (exact) mass is 504 g/mol. The van der Waals surface area contributed by atoms with Crippen LogP contribution in [0.4, 0.5) is 4.79 Å². The van der Waals surface area contributed by atoms with Crippen LogP contribution in [0.2, 0.25) is 0 Å². The molecule has 2 amide bonds. The van der Waals surface area contributed by atoms with Crippen LogP contribution in [0.3, 0.4) is 0 Å². The van der Waals surface area contributed by atoms with Crippen LogP contribution in [0.1, 0.15) is 31.2 Å². The van der Waals surface area contributed by atoms with Crippen LogP contribution < -0.4 is 4.74 Å². The maximum absolute atomic E-state index is 12.9. The topological polar surface area (TPSA) is 103 Å². The number of allylic oxidation sites excluding steroid dienone is 4. The maximum atomic E-state index is 12.9. The Kier molecular flexibility index (Phi) is 7.07. The minimum absolute atomic E-state index is 0.0682. The highest BCUT2D eigenvalue weighted by molar-refractivity contribution is 5.80. The van der Waals surface area contributed by atoms with Crippen molar-refractivity contribution in [3.8, 4) is 5.88 Å². The van der Waals surface area contributed by atoms with Gasteiger partial charge in [0, 0.05) is 20.0 Å². The molecule has 1 fully saturated rings. The van der Waals surface area contributed by atoms with E-state index in [9.17, 15) is 9.59 Å². The number of carbonyl (C=O) groups excluding carboxylic acids is 2. The van der Waals surface area contributed by atoms with Crippen molar-refractivity contribution in [1.29, 1.82) is 0 Å². The summed E-state index contributed by atoms with van der Waals surface area (Å²) in [6.45, 7) is 0.642. The largest absolute Gasteiger partial charge is 0.480 e. The molecule has 10 nitrogen and oxygen atoms in total. The molecule has 1 aliphatic carbocycles. The van der Waals surface area contributed by atoms with Gasteiger partial charge in [-0.25, -0.2) is 19.7 Å². The van der Waals surface area contributed by atoms with Gasteiger partial charge in [0.2, 0.25) is 17.7 Å². The Labute approximate surface area is 214 Å². The summed E-state index contributed by atoms with van der Waals surface area (Å²) in [6, 6.07) is 5.67. The molecule has 1 unspecified atom stereocenters.